The molecule has 3 aliphatic rings. The molecule has 121 heavy (non-hydrogen) atoms. The molecular weight excluding hydrogens is 2710 g/mol. The molecule has 15 heterocycles. The first-order chi connectivity index (χ1) is 57.7. The van der Waals surface area contributed by atoms with E-state index in [0.717, 1.165) is 16.5 Å². The van der Waals surface area contributed by atoms with E-state index in [1.807, 2.05) is 61.5 Å². The minimum Gasteiger partial charge on any atom is -0.143 e. The smallest absolute Gasteiger partial charge is 0.0442 e. The largest absolute Gasteiger partial charge is 0.143 e. The fraction of sp³-hybridized carbons (Fsp3) is 0.467. The fourth-order valence-corrected chi connectivity index (χ4v) is 67.6. The monoisotopic (exact) mass is 2820 g/mol. The minimum atomic E-state index is -2.06. The summed E-state index contributed by atoms with van der Waals surface area (Å²) in [6, 6.07) is 41.3. The van der Waals surface area contributed by atoms with Gasteiger partial charge in [0.25, 0.3) is 0 Å². The average Bonchev–Trinajstić information content (AvgIpc) is 1.55. The van der Waals surface area contributed by atoms with Crippen LogP contribution in [0.2, 0.25) is 65.9 Å². The maximum Gasteiger partial charge on any atom is 0.0442 e. The Labute approximate surface area is 889 Å². The van der Waals surface area contributed by atoms with Gasteiger partial charge >= 0.3 is 237 Å². The molecule has 0 fully saturated rings. The second-order valence-corrected chi connectivity index (χ2v) is 97.5. The van der Waals surface area contributed by atoms with Crippen LogP contribution in [0.4, 0.5) is 0 Å². The summed E-state index contributed by atoms with van der Waals surface area (Å²) in [7, 11) is -0.285. The quantitative estimate of drug-likeness (QED) is 0.0231. The Kier molecular flexibility index (Phi) is 53.3. The van der Waals surface area contributed by atoms with Crippen LogP contribution in [0, 0.1) is 0 Å². The van der Waals surface area contributed by atoms with Crippen LogP contribution in [0.1, 0.15) is 196 Å². The Balaban J connectivity index is 0.000000204. The molecular formula is C90H117BBr10NS13Si3Sn2Zn. The zero-order valence-corrected chi connectivity index (χ0v) is 110. The molecule has 0 aromatic carbocycles. The van der Waals surface area contributed by atoms with Crippen LogP contribution in [0.3, 0.4) is 0 Å². The summed E-state index contributed by atoms with van der Waals surface area (Å²) in [5.41, 5.74) is 0. The van der Waals surface area contributed by atoms with Crippen molar-refractivity contribution < 1.29 is 19.5 Å². The third-order valence-electron chi connectivity index (χ3n) is 22.4. The Bertz CT molecular complexity index is 4660. The molecule has 655 valence electrons. The number of thiol groups is 1. The summed E-state index contributed by atoms with van der Waals surface area (Å²) < 4.78 is 15.9. The maximum atomic E-state index is 4.34. The van der Waals surface area contributed by atoms with E-state index in [1.54, 1.807) is 118 Å². The first kappa shape index (κ1) is 112. The number of nitrogens with zero attached hydrogens (tertiary/aromatic N) is 1. The number of fused-ring (bicyclic) bond motifs is 9. The van der Waals surface area contributed by atoms with Crippen LogP contribution in [0.5, 0.6) is 0 Å². The van der Waals surface area contributed by atoms with E-state index in [0.29, 0.717) is 0 Å². The standard InChI is InChI=1S/C20H28Br2S2Si.C20H30S2Si.C20H28S2Si.C8H2Br4S2.C8H4Br2S2.C8H6S2.6CH3.BHNS.Br2.2Sn.Zn/c1-3-5-7-9-11-25(12-10-8-6-4-2)15-13-17(21)23-19(15)20-16(25)14-18(22)24-20;2*1-3-5-7-9-15-23(16-10-8-6-4-2)17-11-13-21-19(17)20-18(23)12-14-22-20;9-3-1-5(11)13-7(3)8-4(10)2-6(12)14-8;9-5-1-3-11-7(5)8-6(10)2-4-12-8;1-3-7(9-5-1)8-4-2-6-10-8;;;;;;;1-2-3;1-2;;;/h13-14H,3-12H2,1-2H3;11-14H,3-10,15-16H2,1-2H3;11-12H,3-10,15-16H2,1-2H3;1-2H;1-4H;1-6H;6*1H3;3H;;;;. The number of halogens is 10. The molecule has 3 aliphatic heterocycles. The molecule has 0 saturated carbocycles. The van der Waals surface area contributed by atoms with Gasteiger partial charge in [-0.2, -0.15) is 0 Å². The van der Waals surface area contributed by atoms with Gasteiger partial charge < -0.3 is 0 Å². The first-order valence-corrected chi connectivity index (χ1v) is 90.3. The maximum absolute atomic E-state index is 4.34. The average molecular weight is 2830 g/mol. The van der Waals surface area contributed by atoms with Gasteiger partial charge in [-0.25, -0.2) is 0 Å². The second-order valence-electron chi connectivity index (χ2n) is 33.0. The zero-order chi connectivity index (χ0) is 87.2. The van der Waals surface area contributed by atoms with Gasteiger partial charge in [0, 0.05) is 94.9 Å². The topological polar surface area (TPSA) is 12.4 Å². The number of hydrogen-bond acceptors (Lipinski definition) is 14. The third-order valence-corrected chi connectivity index (χ3v) is 77.0. The Morgan fingerprint density at radius 2 is 0.554 bits per heavy atom. The molecule has 1 nitrogen and oxygen atoms in total. The Morgan fingerprint density at radius 3 is 0.802 bits per heavy atom. The van der Waals surface area contributed by atoms with Gasteiger partial charge in [0.05, 0.1) is 34.7 Å². The summed E-state index contributed by atoms with van der Waals surface area (Å²) >= 11 is 56.2. The summed E-state index contributed by atoms with van der Waals surface area (Å²) in [5.74, 6) is 0. The van der Waals surface area contributed by atoms with Crippen LogP contribution < -0.4 is 36.9 Å². The molecule has 0 spiro atoms. The van der Waals surface area contributed by atoms with Crippen molar-refractivity contribution in [1.82, 2.24) is 0 Å². The van der Waals surface area contributed by atoms with Crippen LogP contribution >= 0.6 is 305 Å². The van der Waals surface area contributed by atoms with Crippen molar-refractivity contribution in [2.75, 3.05) is 0 Å². The molecule has 0 N–H and O–H groups in total. The SMILES string of the molecule is BrBr.Brc1cc(Br)c(-c2sc(Br)cc2Br)s1.Brc1ccsc1-c1sccc1Br.CCCCCC[Si]1(CCCCCC)c2c[c]([Sn]([CH3])([CH3])[CH3])sc2-c2s[c]([Sn]([CH3])([CH3])[CH3])cc21.CCCCCC[Si]1(CCCCCC)c2cc(Br)sc2-c2sc(Br)cc21.CCCCCC[Si]1(CCCCCC)c2ccsc2-c2sccc21.[B]=NS.[Zn].c1csc(-c2cccs2)c1. The molecule has 0 atom stereocenters. The van der Waals surface area contributed by atoms with Crippen LogP contribution in [0.15, 0.2) is 155 Å². The number of thiophene rings is 12. The molecule has 1 radical (unpaired) electrons. The van der Waals surface area contributed by atoms with Crippen molar-refractivity contribution in [3.63, 3.8) is 0 Å². The van der Waals surface area contributed by atoms with Crippen molar-refractivity contribution in [1.29, 1.82) is 0 Å². The van der Waals surface area contributed by atoms with E-state index in [9.17, 15) is 0 Å². The molecule has 15 rings (SSSR count). The normalized spacial score (nSPS) is 13.1. The summed E-state index contributed by atoms with van der Waals surface area (Å²) in [5, 5.41) is 24.0. The van der Waals surface area contributed by atoms with Crippen molar-refractivity contribution in [2.24, 2.45) is 4.30 Å². The van der Waals surface area contributed by atoms with E-state index in [4.69, 9.17) is 0 Å². The second kappa shape index (κ2) is 57.5. The van der Waals surface area contributed by atoms with Gasteiger partial charge in [-0.1, -0.05) is 155 Å². The van der Waals surface area contributed by atoms with Crippen LogP contribution in [-0.4, -0.2) is 68.6 Å². The molecule has 12 aromatic rings. The zero-order valence-electron chi connectivity index (χ0n) is 72.1. The third kappa shape index (κ3) is 31.1. The molecule has 0 saturated heterocycles. The predicted octanol–water partition coefficient (Wildman–Crippen LogP) is 39.0. The van der Waals surface area contributed by atoms with Gasteiger partial charge in [-0.05, 0) is 253 Å². The van der Waals surface area contributed by atoms with E-state index in [-0.39, 0.29) is 19.5 Å². The molecule has 0 bridgehead atoms. The van der Waals surface area contributed by atoms with E-state index in [1.165, 1.54) is 236 Å². The van der Waals surface area contributed by atoms with Gasteiger partial charge in [0.1, 0.15) is 16.1 Å². The molecule has 0 unspecified atom stereocenters. The van der Waals surface area contributed by atoms with E-state index in [2.05, 4.69) is 392 Å². The van der Waals surface area contributed by atoms with E-state index < -0.39 is 61.0 Å². The van der Waals surface area contributed by atoms with Gasteiger partial charge in [-0.15, -0.1) is 113 Å². The first-order valence-electron chi connectivity index (χ1n) is 42.4. The van der Waals surface area contributed by atoms with Crippen molar-refractivity contribution >= 4 is 410 Å². The van der Waals surface area contributed by atoms with Crippen molar-refractivity contribution in [3.05, 3.63) is 150 Å². The summed E-state index contributed by atoms with van der Waals surface area (Å²) in [4.78, 5) is 33.6. The van der Waals surface area contributed by atoms with Crippen LogP contribution in [0.25, 0.3) is 58.5 Å². The number of rotatable bonds is 35. The number of unbranched alkanes of at least 4 members (excludes halogenated alkanes) is 18. The number of hydrogen-bond donors (Lipinski definition) is 1. The van der Waals surface area contributed by atoms with Crippen molar-refractivity contribution in [3.8, 4) is 58.5 Å². The fourth-order valence-electron chi connectivity index (χ4n) is 16.4. The Hall–Kier alpha value is 4.29. The summed E-state index contributed by atoms with van der Waals surface area (Å²) in [6.45, 7) is 14.0. The Morgan fingerprint density at radius 1 is 0.298 bits per heavy atom. The summed E-state index contributed by atoms with van der Waals surface area (Å²) in [6.07, 6.45) is 33.7. The van der Waals surface area contributed by atoms with E-state index >= 15 is 0 Å². The molecule has 0 aliphatic carbocycles. The van der Waals surface area contributed by atoms with Gasteiger partial charge in [0.2, 0.25) is 0 Å². The minimum absolute atomic E-state index is 0. The molecule has 0 amide bonds. The predicted molar refractivity (Wildman–Crippen MR) is 617 cm³/mol. The van der Waals surface area contributed by atoms with Gasteiger partial charge in [-0.3, -0.25) is 0 Å². The van der Waals surface area contributed by atoms with Crippen LogP contribution in [-0.2, 0) is 19.5 Å². The molecule has 12 aromatic heterocycles. The van der Waals surface area contributed by atoms with Gasteiger partial charge in [0.15, 0.2) is 0 Å². The van der Waals surface area contributed by atoms with Crippen molar-refractivity contribution in [2.45, 2.75) is 262 Å². The molecule has 31 heteroatoms.